The molecule has 3 aromatic heterocycles. The van der Waals surface area contributed by atoms with Crippen molar-refractivity contribution < 1.29 is 21.1 Å². The normalized spacial score (nSPS) is 11.7. The van der Waals surface area contributed by atoms with Crippen LogP contribution in [0, 0.1) is 12.1 Å². The minimum Gasteiger partial charge on any atom is -0.409 e. The fourth-order valence-corrected chi connectivity index (χ4v) is 6.91. The SMILES string of the molecule is CC(C)(C)c1ccnc(N(c2[c-]c3c4[c-]c(N(c5ccccc5)c5cc(C(C)(C)C)ccn5)ccc4n(-c4ccccc4)c3cc2)c2ccccc2)c1.[Pt+2]. The molecule has 8 aromatic rings. The van der Waals surface area contributed by atoms with Gasteiger partial charge >= 0.3 is 21.1 Å². The van der Waals surface area contributed by atoms with Crippen molar-refractivity contribution in [3.8, 4) is 5.69 Å². The van der Waals surface area contributed by atoms with E-state index in [0.717, 1.165) is 61.9 Å². The van der Waals surface area contributed by atoms with Crippen LogP contribution < -0.4 is 9.80 Å². The van der Waals surface area contributed by atoms with Gasteiger partial charge in [-0.1, -0.05) is 107 Å². The molecule has 8 rings (SSSR count). The summed E-state index contributed by atoms with van der Waals surface area (Å²) in [5, 5.41) is 1.95. The van der Waals surface area contributed by atoms with Gasteiger partial charge in [0.15, 0.2) is 0 Å². The molecule has 5 aromatic carbocycles. The maximum absolute atomic E-state index is 4.91. The van der Waals surface area contributed by atoms with E-state index in [2.05, 4.69) is 195 Å². The van der Waals surface area contributed by atoms with Crippen LogP contribution in [-0.4, -0.2) is 14.5 Å². The number of hydrogen-bond donors (Lipinski definition) is 0. The summed E-state index contributed by atoms with van der Waals surface area (Å²) in [6.07, 6.45) is 3.82. The van der Waals surface area contributed by atoms with Crippen LogP contribution in [0.5, 0.6) is 0 Å². The first-order valence-electron chi connectivity index (χ1n) is 18.2. The Labute approximate surface area is 333 Å². The van der Waals surface area contributed by atoms with E-state index in [4.69, 9.17) is 9.97 Å². The minimum absolute atomic E-state index is 0. The van der Waals surface area contributed by atoms with Crippen molar-refractivity contribution in [3.63, 3.8) is 0 Å². The second-order valence-electron chi connectivity index (χ2n) is 15.5. The Bertz CT molecular complexity index is 2370. The molecule has 5 nitrogen and oxygen atoms in total. The third-order valence-electron chi connectivity index (χ3n) is 9.75. The smallest absolute Gasteiger partial charge is 0.409 e. The van der Waals surface area contributed by atoms with Crippen molar-refractivity contribution in [2.45, 2.75) is 52.4 Å². The van der Waals surface area contributed by atoms with E-state index in [1.165, 1.54) is 11.1 Å². The number of aromatic nitrogens is 3. The van der Waals surface area contributed by atoms with Gasteiger partial charge in [-0.2, -0.15) is 22.9 Å². The van der Waals surface area contributed by atoms with E-state index in [1.807, 2.05) is 24.5 Å². The average Bonchev–Trinajstić information content (AvgIpc) is 3.49. The van der Waals surface area contributed by atoms with E-state index >= 15 is 0 Å². The average molecular weight is 885 g/mol. The van der Waals surface area contributed by atoms with Crippen LogP contribution in [0.4, 0.5) is 34.4 Å². The molecule has 0 spiro atoms. The van der Waals surface area contributed by atoms with Crippen molar-refractivity contribution >= 4 is 56.2 Å². The van der Waals surface area contributed by atoms with Gasteiger partial charge in [-0.25, -0.2) is 9.97 Å². The van der Waals surface area contributed by atoms with Crippen molar-refractivity contribution in [1.82, 2.24) is 14.5 Å². The van der Waals surface area contributed by atoms with Crippen molar-refractivity contribution in [1.29, 1.82) is 0 Å². The van der Waals surface area contributed by atoms with Crippen LogP contribution in [0.2, 0.25) is 0 Å². The van der Waals surface area contributed by atoms with E-state index in [1.54, 1.807) is 0 Å². The quantitative estimate of drug-likeness (QED) is 0.149. The molecule has 0 aliphatic heterocycles. The molecule has 0 aliphatic rings. The molecule has 0 atom stereocenters. The van der Waals surface area contributed by atoms with Gasteiger partial charge < -0.3 is 14.4 Å². The van der Waals surface area contributed by atoms with E-state index < -0.39 is 0 Å². The Kier molecular flexibility index (Phi) is 10.0. The van der Waals surface area contributed by atoms with Crippen molar-refractivity contribution in [2.75, 3.05) is 9.80 Å². The first kappa shape index (κ1) is 36.8. The molecule has 0 radical (unpaired) electrons. The number of para-hydroxylation sites is 3. The molecule has 3 heterocycles. The third kappa shape index (κ3) is 7.09. The first-order chi connectivity index (χ1) is 25.6. The maximum atomic E-state index is 4.91. The van der Waals surface area contributed by atoms with Crippen LogP contribution in [-0.2, 0) is 31.9 Å². The molecule has 0 saturated heterocycles. The fourth-order valence-electron chi connectivity index (χ4n) is 6.91. The molecule has 0 N–H and O–H groups in total. The van der Waals surface area contributed by atoms with Gasteiger partial charge in [0.2, 0.25) is 0 Å². The molecule has 0 saturated carbocycles. The molecule has 270 valence electrons. The van der Waals surface area contributed by atoms with Crippen LogP contribution in [0.15, 0.2) is 152 Å². The molecule has 0 aliphatic carbocycles. The number of hydrogen-bond acceptors (Lipinski definition) is 4. The van der Waals surface area contributed by atoms with Crippen LogP contribution >= 0.6 is 0 Å². The van der Waals surface area contributed by atoms with Gasteiger partial charge in [0.25, 0.3) is 0 Å². The number of rotatable bonds is 7. The van der Waals surface area contributed by atoms with Gasteiger partial charge in [0, 0.05) is 29.5 Å². The summed E-state index contributed by atoms with van der Waals surface area (Å²) < 4.78 is 2.31. The van der Waals surface area contributed by atoms with E-state index in [9.17, 15) is 0 Å². The molecule has 54 heavy (non-hydrogen) atoms. The summed E-state index contributed by atoms with van der Waals surface area (Å²) >= 11 is 0. The summed E-state index contributed by atoms with van der Waals surface area (Å²) in [4.78, 5) is 14.2. The summed E-state index contributed by atoms with van der Waals surface area (Å²) in [7, 11) is 0. The third-order valence-corrected chi connectivity index (χ3v) is 9.75. The van der Waals surface area contributed by atoms with Crippen LogP contribution in [0.3, 0.4) is 0 Å². The monoisotopic (exact) mass is 884 g/mol. The summed E-state index contributed by atoms with van der Waals surface area (Å²) in [6.45, 7) is 13.4. The maximum Gasteiger partial charge on any atom is 2.00 e. The predicted octanol–water partition coefficient (Wildman–Crippen LogP) is 12.7. The van der Waals surface area contributed by atoms with Gasteiger partial charge in [-0.15, -0.1) is 24.3 Å². The van der Waals surface area contributed by atoms with E-state index in [-0.39, 0.29) is 31.9 Å². The Hall–Kier alpha value is -5.51. The minimum atomic E-state index is -0.0337. The number of benzene rings is 5. The largest absolute Gasteiger partial charge is 2.00 e. The predicted molar refractivity (Wildman–Crippen MR) is 221 cm³/mol. The second-order valence-corrected chi connectivity index (χ2v) is 15.5. The number of pyridine rings is 2. The molecule has 0 amide bonds. The number of anilines is 6. The molecule has 0 bridgehead atoms. The Morgan fingerprint density at radius 3 is 1.26 bits per heavy atom. The Morgan fingerprint density at radius 2 is 0.870 bits per heavy atom. The summed E-state index contributed by atoms with van der Waals surface area (Å²) in [6, 6.07) is 56.4. The summed E-state index contributed by atoms with van der Waals surface area (Å²) in [5.41, 5.74) is 9.35. The molecule has 6 heteroatoms. The summed E-state index contributed by atoms with van der Waals surface area (Å²) in [5.74, 6) is 1.69. The van der Waals surface area contributed by atoms with Crippen molar-refractivity contribution in [2.24, 2.45) is 0 Å². The fraction of sp³-hybridized carbons (Fsp3) is 0.167. The standard InChI is InChI=1S/C48H43N5.Pt/c1-47(2,3)34-26-28-49-45(30-34)51(36-16-10-7-11-17-36)39-22-24-43-41(32-39)42-33-40(23-25-44(42)53(43)38-20-14-9-15-21-38)52(37-18-12-8-13-19-37)46-31-35(27-29-50-46)48(4,5)6;/h7-31H,1-6H3;/q-2;+2. The van der Waals surface area contributed by atoms with Crippen LogP contribution in [0.1, 0.15) is 52.7 Å². The topological polar surface area (TPSA) is 37.2 Å². The molecule has 0 unspecified atom stereocenters. The molecular weight excluding hydrogens is 842 g/mol. The Balaban J connectivity index is 0.00000450. The zero-order valence-corrected chi connectivity index (χ0v) is 33.8. The second kappa shape index (κ2) is 14.7. The molecular formula is C48H43N5Pt. The van der Waals surface area contributed by atoms with Crippen LogP contribution in [0.25, 0.3) is 27.5 Å². The van der Waals surface area contributed by atoms with Gasteiger partial charge in [0.05, 0.1) is 0 Å². The number of nitrogens with zero attached hydrogens (tertiary/aromatic N) is 5. The zero-order valence-electron chi connectivity index (χ0n) is 31.5. The van der Waals surface area contributed by atoms with Gasteiger partial charge in [-0.05, 0) is 94.0 Å². The van der Waals surface area contributed by atoms with E-state index in [0.29, 0.717) is 0 Å². The first-order valence-corrected chi connectivity index (χ1v) is 18.2. The van der Waals surface area contributed by atoms with Gasteiger partial charge in [0.1, 0.15) is 11.6 Å². The zero-order chi connectivity index (χ0) is 36.7. The molecule has 0 fully saturated rings. The van der Waals surface area contributed by atoms with Crippen molar-refractivity contribution in [3.05, 3.63) is 175 Å². The number of fused-ring (bicyclic) bond motifs is 3. The Morgan fingerprint density at radius 1 is 0.481 bits per heavy atom. The van der Waals surface area contributed by atoms with Gasteiger partial charge in [-0.3, -0.25) is 0 Å².